The number of unbranched alkanes of at least 4 members (excludes halogenated alkanes) is 9. The summed E-state index contributed by atoms with van der Waals surface area (Å²) in [6.45, 7) is 4.00. The van der Waals surface area contributed by atoms with Crippen molar-refractivity contribution in [3.63, 3.8) is 0 Å². The van der Waals surface area contributed by atoms with Crippen molar-refractivity contribution in [2.75, 3.05) is 13.2 Å². The van der Waals surface area contributed by atoms with Gasteiger partial charge in [0.1, 0.15) is 0 Å². The van der Waals surface area contributed by atoms with E-state index in [2.05, 4.69) is 36.5 Å². The van der Waals surface area contributed by atoms with Gasteiger partial charge in [-0.15, -0.1) is 0 Å². The number of aryl methyl sites for hydroxylation is 1. The Morgan fingerprint density at radius 1 is 0.889 bits per heavy atom. The van der Waals surface area contributed by atoms with Crippen LogP contribution in [0.25, 0.3) is 0 Å². The molecule has 0 amide bonds. The van der Waals surface area contributed by atoms with Crippen molar-refractivity contribution in [2.45, 2.75) is 103 Å². The molecule has 0 spiro atoms. The second-order valence-corrected chi connectivity index (χ2v) is 8.20. The second kappa shape index (κ2) is 14.1. The van der Waals surface area contributed by atoms with E-state index in [1.54, 1.807) is 0 Å². The monoisotopic (exact) mass is 375 g/mol. The van der Waals surface area contributed by atoms with Crippen molar-refractivity contribution in [3.05, 3.63) is 35.4 Å². The van der Waals surface area contributed by atoms with Crippen molar-refractivity contribution >= 4 is 0 Å². The van der Waals surface area contributed by atoms with Crippen LogP contribution in [0.4, 0.5) is 0 Å². The average molecular weight is 376 g/mol. The number of ether oxygens (including phenoxy) is 1. The van der Waals surface area contributed by atoms with Crippen LogP contribution in [0, 0.1) is 0 Å². The van der Waals surface area contributed by atoms with Crippen molar-refractivity contribution in [2.24, 2.45) is 0 Å². The van der Waals surface area contributed by atoms with Crippen molar-refractivity contribution in [1.29, 1.82) is 0 Å². The molecule has 1 aliphatic rings. The number of aliphatic hydroxyl groups is 1. The fraction of sp³-hybridized carbons (Fsp3) is 0.750. The maximum atomic E-state index is 9.15. The molecule has 0 saturated carbocycles. The minimum absolute atomic E-state index is 0.202. The fourth-order valence-electron chi connectivity index (χ4n) is 3.88. The summed E-state index contributed by atoms with van der Waals surface area (Å²) in [5.41, 5.74) is 2.69. The first-order valence-electron chi connectivity index (χ1n) is 11.4. The number of aliphatic hydroxyl groups excluding tert-OH is 1. The predicted molar refractivity (Wildman–Crippen MR) is 114 cm³/mol. The number of hydrogen-bond donors (Lipinski definition) is 2. The second-order valence-electron chi connectivity index (χ2n) is 8.20. The van der Waals surface area contributed by atoms with Gasteiger partial charge in [-0.3, -0.25) is 0 Å². The summed E-state index contributed by atoms with van der Waals surface area (Å²) in [6, 6.07) is 9.14. The van der Waals surface area contributed by atoms with Gasteiger partial charge in [-0.2, -0.15) is 0 Å². The van der Waals surface area contributed by atoms with Crippen molar-refractivity contribution in [3.8, 4) is 0 Å². The van der Waals surface area contributed by atoms with Crippen molar-refractivity contribution < 1.29 is 9.84 Å². The number of hydrogen-bond acceptors (Lipinski definition) is 3. The molecular formula is C24H41NO2. The molecule has 2 N–H and O–H groups in total. The van der Waals surface area contributed by atoms with Crippen LogP contribution >= 0.6 is 0 Å². The molecule has 3 nitrogen and oxygen atoms in total. The Bertz CT molecular complexity index is 474. The maximum absolute atomic E-state index is 9.15. The molecule has 1 fully saturated rings. The Morgan fingerprint density at radius 3 is 2.07 bits per heavy atom. The van der Waals surface area contributed by atoms with E-state index in [1.165, 1.54) is 81.8 Å². The van der Waals surface area contributed by atoms with Gasteiger partial charge in [0.2, 0.25) is 0 Å². The molecule has 0 aromatic heterocycles. The third-order valence-corrected chi connectivity index (χ3v) is 5.73. The van der Waals surface area contributed by atoms with E-state index in [0.29, 0.717) is 6.61 Å². The molecule has 3 heteroatoms. The van der Waals surface area contributed by atoms with E-state index in [1.807, 2.05) is 0 Å². The minimum atomic E-state index is 0.202. The first-order valence-corrected chi connectivity index (χ1v) is 11.4. The lowest BCUT2D eigenvalue weighted by atomic mass is 10.0. The number of rotatable bonds is 15. The van der Waals surface area contributed by atoms with E-state index in [9.17, 15) is 0 Å². The van der Waals surface area contributed by atoms with E-state index >= 15 is 0 Å². The fourth-order valence-corrected chi connectivity index (χ4v) is 3.88. The highest BCUT2D eigenvalue weighted by molar-refractivity contribution is 5.22. The molecule has 0 aliphatic carbocycles. The van der Waals surface area contributed by atoms with E-state index in [-0.39, 0.29) is 18.8 Å². The Balaban J connectivity index is 1.48. The van der Waals surface area contributed by atoms with Crippen LogP contribution in [0.3, 0.4) is 0 Å². The van der Waals surface area contributed by atoms with Gasteiger partial charge in [0.25, 0.3) is 0 Å². The van der Waals surface area contributed by atoms with Crippen LogP contribution in [0.2, 0.25) is 0 Å². The van der Waals surface area contributed by atoms with Gasteiger partial charge in [0.05, 0.1) is 19.3 Å². The Hall–Kier alpha value is -0.900. The van der Waals surface area contributed by atoms with Crippen LogP contribution in [0.5, 0.6) is 0 Å². The van der Waals surface area contributed by atoms with E-state index < -0.39 is 0 Å². The van der Waals surface area contributed by atoms with Crippen LogP contribution < -0.4 is 5.32 Å². The summed E-state index contributed by atoms with van der Waals surface area (Å²) in [7, 11) is 0. The quantitative estimate of drug-likeness (QED) is 0.404. The standard InChI is InChI=1S/C24H41NO2/c1-2-3-4-5-6-7-8-9-10-11-12-21-13-15-22(16-14-21)20-27-24-17-23(19-26)25-18-24/h13-16,23-26H,2-12,17-20H2,1H3/t23-,24+/m0/s1. The summed E-state index contributed by atoms with van der Waals surface area (Å²) in [4.78, 5) is 0. The zero-order valence-electron chi connectivity index (χ0n) is 17.4. The van der Waals surface area contributed by atoms with Gasteiger partial charge >= 0.3 is 0 Å². The molecular weight excluding hydrogens is 334 g/mol. The van der Waals surface area contributed by atoms with Gasteiger partial charge in [-0.25, -0.2) is 0 Å². The third kappa shape index (κ3) is 9.73. The highest BCUT2D eigenvalue weighted by Gasteiger charge is 2.23. The van der Waals surface area contributed by atoms with Crippen LogP contribution in [0.15, 0.2) is 24.3 Å². The Morgan fingerprint density at radius 2 is 1.48 bits per heavy atom. The molecule has 1 saturated heterocycles. The molecule has 154 valence electrons. The van der Waals surface area contributed by atoms with E-state index in [4.69, 9.17) is 9.84 Å². The summed E-state index contributed by atoms with van der Waals surface area (Å²) in [5.74, 6) is 0. The van der Waals surface area contributed by atoms with Gasteiger partial charge in [-0.05, 0) is 30.4 Å². The lowest BCUT2D eigenvalue weighted by molar-refractivity contribution is 0.0512. The maximum Gasteiger partial charge on any atom is 0.0721 e. The highest BCUT2D eigenvalue weighted by Crippen LogP contribution is 2.15. The van der Waals surface area contributed by atoms with Crippen LogP contribution in [0.1, 0.15) is 88.7 Å². The van der Waals surface area contributed by atoms with Gasteiger partial charge in [0.15, 0.2) is 0 Å². The highest BCUT2D eigenvalue weighted by atomic mass is 16.5. The Kier molecular flexibility index (Phi) is 11.7. The van der Waals surface area contributed by atoms with Gasteiger partial charge in [-0.1, -0.05) is 89.0 Å². The van der Waals surface area contributed by atoms with Gasteiger partial charge < -0.3 is 15.2 Å². The molecule has 0 bridgehead atoms. The van der Waals surface area contributed by atoms with Crippen LogP contribution in [-0.2, 0) is 17.8 Å². The average Bonchev–Trinajstić information content (AvgIpc) is 3.17. The molecule has 1 heterocycles. The number of benzene rings is 1. The number of nitrogens with one attached hydrogen (secondary N) is 1. The SMILES string of the molecule is CCCCCCCCCCCCc1ccc(CO[C@H]2CN[C@H](CO)C2)cc1. The minimum Gasteiger partial charge on any atom is -0.395 e. The molecule has 1 aromatic carbocycles. The Labute approximate surface area is 166 Å². The molecule has 2 rings (SSSR count). The molecule has 2 atom stereocenters. The normalized spacial score (nSPS) is 19.6. The molecule has 27 heavy (non-hydrogen) atoms. The summed E-state index contributed by atoms with van der Waals surface area (Å²) in [6.07, 6.45) is 16.3. The van der Waals surface area contributed by atoms with Crippen molar-refractivity contribution in [1.82, 2.24) is 5.32 Å². The zero-order valence-corrected chi connectivity index (χ0v) is 17.4. The lowest BCUT2D eigenvalue weighted by Crippen LogP contribution is -2.24. The topological polar surface area (TPSA) is 41.5 Å². The first kappa shape index (κ1) is 22.4. The lowest BCUT2D eigenvalue weighted by Gasteiger charge is -2.11. The first-order chi connectivity index (χ1) is 13.3. The smallest absolute Gasteiger partial charge is 0.0721 e. The predicted octanol–water partition coefficient (Wildman–Crippen LogP) is 5.39. The zero-order chi connectivity index (χ0) is 19.2. The molecule has 0 unspecified atom stereocenters. The summed E-state index contributed by atoms with van der Waals surface area (Å²) >= 11 is 0. The third-order valence-electron chi connectivity index (χ3n) is 5.73. The summed E-state index contributed by atoms with van der Waals surface area (Å²) < 4.78 is 5.95. The summed E-state index contributed by atoms with van der Waals surface area (Å²) in [5, 5.41) is 12.4. The molecule has 1 aliphatic heterocycles. The molecule has 1 aromatic rings. The van der Waals surface area contributed by atoms with Gasteiger partial charge in [0, 0.05) is 12.6 Å². The van der Waals surface area contributed by atoms with E-state index in [0.717, 1.165) is 13.0 Å². The largest absolute Gasteiger partial charge is 0.395 e. The molecule has 0 radical (unpaired) electrons. The van der Waals surface area contributed by atoms with Crippen LogP contribution in [-0.4, -0.2) is 30.4 Å².